The maximum Gasteiger partial charge on any atom is 0.263 e. The van der Waals surface area contributed by atoms with E-state index in [4.69, 9.17) is 0 Å². The Labute approximate surface area is 130 Å². The van der Waals surface area contributed by atoms with E-state index >= 15 is 0 Å². The van der Waals surface area contributed by atoms with Gasteiger partial charge in [-0.25, -0.2) is 0 Å². The Morgan fingerprint density at radius 1 is 1.24 bits per heavy atom. The molecule has 4 rings (SSSR count). The van der Waals surface area contributed by atoms with Crippen LogP contribution in [0.2, 0.25) is 0 Å². The molecule has 1 aromatic rings. The highest BCUT2D eigenvalue weighted by atomic mass is 32.1. The predicted octanol–water partition coefficient (Wildman–Crippen LogP) is 1.36. The van der Waals surface area contributed by atoms with Gasteiger partial charge in [-0.2, -0.15) is 0 Å². The molecule has 2 fully saturated rings. The van der Waals surface area contributed by atoms with Gasteiger partial charge in [-0.3, -0.25) is 9.69 Å². The van der Waals surface area contributed by atoms with Crippen molar-refractivity contribution in [2.45, 2.75) is 31.7 Å². The predicted molar refractivity (Wildman–Crippen MR) is 85.1 cm³/mol. The van der Waals surface area contributed by atoms with Crippen LogP contribution in [0.3, 0.4) is 0 Å². The highest BCUT2D eigenvalue weighted by Gasteiger charge is 2.32. The molecule has 0 radical (unpaired) electrons. The minimum Gasteiger partial charge on any atom is -0.336 e. The van der Waals surface area contributed by atoms with E-state index in [9.17, 15) is 4.79 Å². The number of hydrogen-bond donors (Lipinski definition) is 1. The number of amides is 1. The quantitative estimate of drug-likeness (QED) is 0.896. The first kappa shape index (κ1) is 13.7. The summed E-state index contributed by atoms with van der Waals surface area (Å²) in [5.74, 6) is 0.270. The van der Waals surface area contributed by atoms with E-state index in [2.05, 4.69) is 21.2 Å². The summed E-state index contributed by atoms with van der Waals surface area (Å²) in [6, 6.07) is 2.73. The molecule has 1 aromatic heterocycles. The minimum absolute atomic E-state index is 0.270. The Kier molecular flexibility index (Phi) is 3.73. The molecule has 2 saturated heterocycles. The second kappa shape index (κ2) is 5.71. The topological polar surface area (TPSA) is 35.6 Å². The highest BCUT2D eigenvalue weighted by molar-refractivity contribution is 7.14. The van der Waals surface area contributed by atoms with Crippen molar-refractivity contribution in [3.05, 3.63) is 21.4 Å². The molecule has 0 spiro atoms. The number of fused-ring (bicyclic) bond motifs is 1. The lowest BCUT2D eigenvalue weighted by atomic mass is 10.2. The van der Waals surface area contributed by atoms with Gasteiger partial charge in [0.25, 0.3) is 5.91 Å². The van der Waals surface area contributed by atoms with E-state index in [-0.39, 0.29) is 5.91 Å². The fraction of sp³-hybridized carbons (Fsp3) is 0.688. The molecule has 3 aliphatic rings. The van der Waals surface area contributed by atoms with Crippen molar-refractivity contribution in [3.63, 3.8) is 0 Å². The number of carbonyl (C=O) groups excluding carboxylic acids is 1. The number of piperazine rings is 1. The number of thiophene rings is 1. The van der Waals surface area contributed by atoms with Gasteiger partial charge in [-0.05, 0) is 37.3 Å². The fourth-order valence-corrected chi connectivity index (χ4v) is 5.08. The molecule has 3 heterocycles. The van der Waals surface area contributed by atoms with Crippen LogP contribution < -0.4 is 5.32 Å². The Morgan fingerprint density at radius 3 is 2.90 bits per heavy atom. The zero-order chi connectivity index (χ0) is 14.2. The van der Waals surface area contributed by atoms with Crippen molar-refractivity contribution in [1.29, 1.82) is 0 Å². The molecule has 0 aromatic carbocycles. The molecule has 4 nitrogen and oxygen atoms in total. The number of carbonyl (C=O) groups is 1. The largest absolute Gasteiger partial charge is 0.336 e. The van der Waals surface area contributed by atoms with E-state index in [0.29, 0.717) is 6.04 Å². The second-order valence-electron chi connectivity index (χ2n) is 6.39. The number of nitrogens with one attached hydrogen (secondary N) is 1. The SMILES string of the molecule is O=C(c1cc2c(s1)CCC2)N1CCC(N2CCNCC2)C1. The standard InChI is InChI=1S/C16H23N3OS/c20-16(15-10-12-2-1-3-14(12)21-15)19-7-4-13(11-19)18-8-5-17-6-9-18/h10,13,17H,1-9,11H2. The summed E-state index contributed by atoms with van der Waals surface area (Å²) in [6.45, 7) is 6.27. The zero-order valence-corrected chi connectivity index (χ0v) is 13.3. The van der Waals surface area contributed by atoms with Crippen LogP contribution in [0.25, 0.3) is 0 Å². The van der Waals surface area contributed by atoms with Crippen molar-refractivity contribution in [2.75, 3.05) is 39.3 Å². The van der Waals surface area contributed by atoms with Gasteiger partial charge in [0, 0.05) is 50.2 Å². The molecule has 114 valence electrons. The van der Waals surface area contributed by atoms with Crippen LogP contribution in [0, 0.1) is 0 Å². The van der Waals surface area contributed by atoms with Gasteiger partial charge in [0.05, 0.1) is 4.88 Å². The minimum atomic E-state index is 0.270. The van der Waals surface area contributed by atoms with Crippen molar-refractivity contribution < 1.29 is 4.79 Å². The van der Waals surface area contributed by atoms with Crippen molar-refractivity contribution >= 4 is 17.2 Å². The van der Waals surface area contributed by atoms with Crippen molar-refractivity contribution in [2.24, 2.45) is 0 Å². The van der Waals surface area contributed by atoms with Crippen LogP contribution in [-0.2, 0) is 12.8 Å². The first-order valence-corrected chi connectivity index (χ1v) is 8.98. The van der Waals surface area contributed by atoms with Gasteiger partial charge in [0.15, 0.2) is 0 Å². The molecule has 1 N–H and O–H groups in total. The van der Waals surface area contributed by atoms with Crippen molar-refractivity contribution in [1.82, 2.24) is 15.1 Å². The van der Waals surface area contributed by atoms with Crippen LogP contribution in [0.1, 0.15) is 33.0 Å². The van der Waals surface area contributed by atoms with Crippen LogP contribution in [0.15, 0.2) is 6.07 Å². The van der Waals surface area contributed by atoms with Crippen LogP contribution in [-0.4, -0.2) is 61.0 Å². The van der Waals surface area contributed by atoms with Gasteiger partial charge in [-0.1, -0.05) is 0 Å². The summed E-state index contributed by atoms with van der Waals surface area (Å²) in [4.78, 5) is 19.7. The van der Waals surface area contributed by atoms with Crippen LogP contribution in [0.4, 0.5) is 0 Å². The molecule has 1 aliphatic carbocycles. The van der Waals surface area contributed by atoms with Gasteiger partial charge < -0.3 is 10.2 Å². The van der Waals surface area contributed by atoms with E-state index in [0.717, 1.165) is 50.6 Å². The number of aryl methyl sites for hydroxylation is 2. The first-order valence-electron chi connectivity index (χ1n) is 8.17. The van der Waals surface area contributed by atoms with E-state index in [1.165, 1.54) is 29.7 Å². The first-order chi connectivity index (χ1) is 10.3. The fourth-order valence-electron chi connectivity index (χ4n) is 3.86. The van der Waals surface area contributed by atoms with Gasteiger partial charge in [0.1, 0.15) is 0 Å². The summed E-state index contributed by atoms with van der Waals surface area (Å²) in [5.41, 5.74) is 1.43. The van der Waals surface area contributed by atoms with Gasteiger partial charge >= 0.3 is 0 Å². The zero-order valence-electron chi connectivity index (χ0n) is 12.4. The summed E-state index contributed by atoms with van der Waals surface area (Å²) >= 11 is 1.74. The summed E-state index contributed by atoms with van der Waals surface area (Å²) in [5, 5.41) is 3.40. The third-order valence-electron chi connectivity index (χ3n) is 5.08. The Balaban J connectivity index is 1.41. The summed E-state index contributed by atoms with van der Waals surface area (Å²) in [7, 11) is 0. The highest BCUT2D eigenvalue weighted by Crippen LogP contribution is 2.32. The lowest BCUT2D eigenvalue weighted by Crippen LogP contribution is -2.49. The molecule has 21 heavy (non-hydrogen) atoms. The molecule has 1 atom stereocenters. The molecule has 1 amide bonds. The van der Waals surface area contributed by atoms with Gasteiger partial charge in [0.2, 0.25) is 0 Å². The summed E-state index contributed by atoms with van der Waals surface area (Å²) in [6.07, 6.45) is 4.75. The van der Waals surface area contributed by atoms with E-state index in [1.54, 1.807) is 11.3 Å². The van der Waals surface area contributed by atoms with Crippen LogP contribution in [0.5, 0.6) is 0 Å². The van der Waals surface area contributed by atoms with Crippen molar-refractivity contribution in [3.8, 4) is 0 Å². The Morgan fingerprint density at radius 2 is 2.10 bits per heavy atom. The molecular formula is C16H23N3OS. The van der Waals surface area contributed by atoms with E-state index in [1.807, 2.05) is 0 Å². The normalized spacial score (nSPS) is 26.3. The third kappa shape index (κ3) is 2.62. The molecule has 2 aliphatic heterocycles. The van der Waals surface area contributed by atoms with Crippen LogP contribution >= 0.6 is 11.3 Å². The maximum absolute atomic E-state index is 12.7. The second-order valence-corrected chi connectivity index (χ2v) is 7.53. The molecule has 5 heteroatoms. The smallest absolute Gasteiger partial charge is 0.263 e. The Hall–Kier alpha value is -0.910. The third-order valence-corrected chi connectivity index (χ3v) is 6.30. The summed E-state index contributed by atoms with van der Waals surface area (Å²) < 4.78 is 0. The lowest BCUT2D eigenvalue weighted by molar-refractivity contribution is 0.0778. The monoisotopic (exact) mass is 305 g/mol. The molecule has 0 saturated carbocycles. The van der Waals surface area contributed by atoms with Gasteiger partial charge in [-0.15, -0.1) is 11.3 Å². The number of likely N-dealkylation sites (tertiary alicyclic amines) is 1. The number of nitrogens with zero attached hydrogens (tertiary/aromatic N) is 2. The number of hydrogen-bond acceptors (Lipinski definition) is 4. The lowest BCUT2D eigenvalue weighted by Gasteiger charge is -2.32. The maximum atomic E-state index is 12.7. The molecule has 1 unspecified atom stereocenters. The Bertz CT molecular complexity index is 514. The number of rotatable bonds is 2. The average molecular weight is 305 g/mol. The molecule has 0 bridgehead atoms. The van der Waals surface area contributed by atoms with E-state index < -0.39 is 0 Å². The average Bonchev–Trinajstić information content (AvgIpc) is 3.22. The molecular weight excluding hydrogens is 282 g/mol.